The van der Waals surface area contributed by atoms with Crippen LogP contribution in [-0.2, 0) is 4.74 Å². The number of carbonyl (C=O) groups excluding carboxylic acids is 1. The molecule has 0 fully saturated rings. The summed E-state index contributed by atoms with van der Waals surface area (Å²) in [5.74, 6) is -0.439. The maximum absolute atomic E-state index is 11.2. The van der Waals surface area contributed by atoms with Gasteiger partial charge >= 0.3 is 5.97 Å². The van der Waals surface area contributed by atoms with Crippen LogP contribution in [0.5, 0.6) is 0 Å². The highest BCUT2D eigenvalue weighted by Crippen LogP contribution is 2.30. The molecule has 1 heterocycles. The Hall–Kier alpha value is -1.35. The molecule has 1 aliphatic rings. The van der Waals surface area contributed by atoms with Gasteiger partial charge < -0.3 is 9.84 Å². The first-order valence-electron chi connectivity index (χ1n) is 4.10. The second-order valence-corrected chi connectivity index (χ2v) is 3.28. The van der Waals surface area contributed by atoms with E-state index < -0.39 is 12.3 Å². The standard InChI is InChI=1S/C10H10O3/c1-5-3-7-8(4-6(5)2)10(12)13-9(7)11/h3-4,9,11H,1-2H3. The van der Waals surface area contributed by atoms with Gasteiger partial charge in [-0.25, -0.2) is 4.79 Å². The van der Waals surface area contributed by atoms with Gasteiger partial charge in [0, 0.05) is 5.56 Å². The maximum Gasteiger partial charge on any atom is 0.341 e. The van der Waals surface area contributed by atoms with E-state index in [4.69, 9.17) is 0 Å². The predicted molar refractivity (Wildman–Crippen MR) is 46.3 cm³/mol. The molecule has 1 atom stereocenters. The van der Waals surface area contributed by atoms with Crippen molar-refractivity contribution >= 4 is 5.97 Å². The van der Waals surface area contributed by atoms with Crippen molar-refractivity contribution in [2.45, 2.75) is 20.1 Å². The van der Waals surface area contributed by atoms with E-state index >= 15 is 0 Å². The van der Waals surface area contributed by atoms with Gasteiger partial charge in [0.25, 0.3) is 0 Å². The molecule has 3 heteroatoms. The average molecular weight is 178 g/mol. The minimum absolute atomic E-state index is 0.439. The summed E-state index contributed by atoms with van der Waals surface area (Å²) in [7, 11) is 0. The number of benzene rings is 1. The molecule has 0 aromatic heterocycles. The van der Waals surface area contributed by atoms with Gasteiger partial charge in [-0.05, 0) is 37.1 Å². The second-order valence-electron chi connectivity index (χ2n) is 3.28. The number of esters is 1. The Bertz CT molecular complexity index is 382. The highest BCUT2D eigenvalue weighted by molar-refractivity contribution is 5.94. The summed E-state index contributed by atoms with van der Waals surface area (Å²) in [6.45, 7) is 3.86. The number of hydrogen-bond donors (Lipinski definition) is 1. The quantitative estimate of drug-likeness (QED) is 0.612. The molecule has 0 aliphatic carbocycles. The van der Waals surface area contributed by atoms with Crippen LogP contribution in [0.4, 0.5) is 0 Å². The van der Waals surface area contributed by atoms with Crippen LogP contribution in [-0.4, -0.2) is 11.1 Å². The molecular formula is C10H10O3. The van der Waals surface area contributed by atoms with Crippen LogP contribution < -0.4 is 0 Å². The fourth-order valence-corrected chi connectivity index (χ4v) is 1.45. The van der Waals surface area contributed by atoms with E-state index in [-0.39, 0.29) is 0 Å². The van der Waals surface area contributed by atoms with Crippen LogP contribution >= 0.6 is 0 Å². The van der Waals surface area contributed by atoms with Crippen molar-refractivity contribution in [3.05, 3.63) is 34.4 Å². The lowest BCUT2D eigenvalue weighted by atomic mass is 10.0. The van der Waals surface area contributed by atoms with E-state index in [1.807, 2.05) is 13.8 Å². The zero-order chi connectivity index (χ0) is 9.59. The van der Waals surface area contributed by atoms with Crippen LogP contribution in [0.25, 0.3) is 0 Å². The smallest absolute Gasteiger partial charge is 0.341 e. The fraction of sp³-hybridized carbons (Fsp3) is 0.300. The van der Waals surface area contributed by atoms with Gasteiger partial charge in [-0.2, -0.15) is 0 Å². The minimum Gasteiger partial charge on any atom is -0.428 e. The Morgan fingerprint density at radius 1 is 1.31 bits per heavy atom. The fourth-order valence-electron chi connectivity index (χ4n) is 1.45. The van der Waals surface area contributed by atoms with Crippen LogP contribution in [0, 0.1) is 13.8 Å². The molecular weight excluding hydrogens is 168 g/mol. The Morgan fingerprint density at radius 2 is 1.92 bits per heavy atom. The van der Waals surface area contributed by atoms with Crippen molar-refractivity contribution in [2.75, 3.05) is 0 Å². The van der Waals surface area contributed by atoms with Gasteiger partial charge in [0.05, 0.1) is 5.56 Å². The predicted octanol–water partition coefficient (Wildman–Crippen LogP) is 1.46. The SMILES string of the molecule is Cc1cc2c(cc1C)C(O)OC2=O. The van der Waals surface area contributed by atoms with Crippen molar-refractivity contribution in [3.63, 3.8) is 0 Å². The first-order valence-corrected chi connectivity index (χ1v) is 4.10. The van der Waals surface area contributed by atoms with Crippen LogP contribution in [0.1, 0.15) is 33.3 Å². The number of rotatable bonds is 0. The molecule has 1 aromatic rings. The lowest BCUT2D eigenvalue weighted by molar-refractivity contribution is -0.0548. The summed E-state index contributed by atoms with van der Waals surface area (Å²) in [4.78, 5) is 11.2. The average Bonchev–Trinajstić information content (AvgIpc) is 2.31. The van der Waals surface area contributed by atoms with E-state index in [1.54, 1.807) is 12.1 Å². The molecule has 0 radical (unpaired) electrons. The number of cyclic esters (lactones) is 1. The Kier molecular flexibility index (Phi) is 1.63. The van der Waals surface area contributed by atoms with Crippen molar-refractivity contribution in [1.29, 1.82) is 0 Å². The van der Waals surface area contributed by atoms with Crippen LogP contribution in [0.15, 0.2) is 12.1 Å². The topological polar surface area (TPSA) is 46.5 Å². The zero-order valence-electron chi connectivity index (χ0n) is 7.50. The van der Waals surface area contributed by atoms with E-state index in [2.05, 4.69) is 4.74 Å². The summed E-state index contributed by atoms with van der Waals surface area (Å²) >= 11 is 0. The summed E-state index contributed by atoms with van der Waals surface area (Å²) in [6, 6.07) is 3.55. The van der Waals surface area contributed by atoms with Gasteiger partial charge in [-0.3, -0.25) is 0 Å². The number of aliphatic hydroxyl groups excluding tert-OH is 1. The van der Waals surface area contributed by atoms with E-state index in [1.165, 1.54) is 0 Å². The molecule has 1 aliphatic heterocycles. The molecule has 68 valence electrons. The van der Waals surface area contributed by atoms with Gasteiger partial charge in [-0.1, -0.05) is 0 Å². The first-order chi connectivity index (χ1) is 6.09. The zero-order valence-corrected chi connectivity index (χ0v) is 7.50. The summed E-state index contributed by atoms with van der Waals surface area (Å²) < 4.78 is 4.66. The molecule has 1 N–H and O–H groups in total. The highest BCUT2D eigenvalue weighted by atomic mass is 16.6. The van der Waals surface area contributed by atoms with Gasteiger partial charge in [0.2, 0.25) is 6.29 Å². The number of ether oxygens (including phenoxy) is 1. The third-order valence-corrected chi connectivity index (χ3v) is 2.37. The van der Waals surface area contributed by atoms with Crippen molar-refractivity contribution in [2.24, 2.45) is 0 Å². The molecule has 1 unspecified atom stereocenters. The van der Waals surface area contributed by atoms with Crippen molar-refractivity contribution in [3.8, 4) is 0 Å². The molecule has 0 saturated carbocycles. The van der Waals surface area contributed by atoms with Gasteiger partial charge in [0.15, 0.2) is 0 Å². The van der Waals surface area contributed by atoms with Gasteiger partial charge in [-0.15, -0.1) is 0 Å². The van der Waals surface area contributed by atoms with E-state index in [9.17, 15) is 9.90 Å². The summed E-state index contributed by atoms with van der Waals surface area (Å²) in [6.07, 6.45) is -1.08. The summed E-state index contributed by atoms with van der Waals surface area (Å²) in [5.41, 5.74) is 3.14. The molecule has 2 rings (SSSR count). The monoisotopic (exact) mass is 178 g/mol. The number of hydrogen-bond acceptors (Lipinski definition) is 3. The molecule has 0 bridgehead atoms. The molecule has 13 heavy (non-hydrogen) atoms. The van der Waals surface area contributed by atoms with E-state index in [0.717, 1.165) is 11.1 Å². The normalized spacial score (nSPS) is 19.9. The van der Waals surface area contributed by atoms with E-state index in [0.29, 0.717) is 11.1 Å². The third-order valence-electron chi connectivity index (χ3n) is 2.37. The van der Waals surface area contributed by atoms with Gasteiger partial charge in [0.1, 0.15) is 0 Å². The molecule has 3 nitrogen and oxygen atoms in total. The molecule has 1 aromatic carbocycles. The van der Waals surface area contributed by atoms with Crippen LogP contribution in [0.3, 0.4) is 0 Å². The molecule has 0 spiro atoms. The largest absolute Gasteiger partial charge is 0.428 e. The lowest BCUT2D eigenvalue weighted by Gasteiger charge is -2.03. The number of aryl methyl sites for hydroxylation is 2. The number of carbonyl (C=O) groups is 1. The second kappa shape index (κ2) is 2.57. The lowest BCUT2D eigenvalue weighted by Crippen LogP contribution is -1.95. The number of aliphatic hydroxyl groups is 1. The Balaban J connectivity index is 2.65. The molecule has 0 saturated heterocycles. The molecule has 0 amide bonds. The third kappa shape index (κ3) is 1.12. The van der Waals surface area contributed by atoms with Crippen LogP contribution in [0.2, 0.25) is 0 Å². The van der Waals surface area contributed by atoms with Crippen molar-refractivity contribution in [1.82, 2.24) is 0 Å². The Morgan fingerprint density at radius 3 is 2.62 bits per heavy atom. The Labute approximate surface area is 76.0 Å². The maximum atomic E-state index is 11.2. The van der Waals surface area contributed by atoms with Crippen molar-refractivity contribution < 1.29 is 14.6 Å². The minimum atomic E-state index is -1.08. The summed E-state index contributed by atoms with van der Waals surface area (Å²) in [5, 5.41) is 9.32. The number of fused-ring (bicyclic) bond motifs is 1. The first kappa shape index (κ1) is 8.26. The highest BCUT2D eigenvalue weighted by Gasteiger charge is 2.29.